The lowest BCUT2D eigenvalue weighted by Crippen LogP contribution is -2.40. The van der Waals surface area contributed by atoms with E-state index < -0.39 is 29.1 Å². The van der Waals surface area contributed by atoms with Crippen LogP contribution in [0.4, 0.5) is 9.18 Å². The zero-order valence-electron chi connectivity index (χ0n) is 12.0. The molecule has 2 aromatic rings. The molecular weight excluding hydrogens is 309 g/mol. The molecule has 0 radical (unpaired) electrons. The van der Waals surface area contributed by atoms with Crippen molar-refractivity contribution in [3.05, 3.63) is 62.7 Å². The van der Waals surface area contributed by atoms with Gasteiger partial charge in [-0.1, -0.05) is 12.1 Å². The number of H-pyrrole nitrogens is 1. The van der Waals surface area contributed by atoms with Gasteiger partial charge >= 0.3 is 17.7 Å². The van der Waals surface area contributed by atoms with Crippen molar-refractivity contribution < 1.29 is 18.7 Å². The molecule has 23 heavy (non-hydrogen) atoms. The standard InChI is InChI=1S/C14H12FN3O5/c1-8(19)23-10-4-2-9(3-5-10)6-16-13(21)18-7-11(15)12(20)17-14(18)22/h2-5,7H,6H2,1H3,(H,16,21)(H,17,20,22). The first-order valence-corrected chi connectivity index (χ1v) is 6.44. The highest BCUT2D eigenvalue weighted by Crippen LogP contribution is 2.12. The molecule has 0 unspecified atom stereocenters. The van der Waals surface area contributed by atoms with Crippen LogP contribution in [0.25, 0.3) is 0 Å². The second kappa shape index (κ2) is 6.69. The number of rotatable bonds is 3. The molecular formula is C14H12FN3O5. The van der Waals surface area contributed by atoms with Crippen LogP contribution in [-0.4, -0.2) is 21.6 Å². The zero-order valence-corrected chi connectivity index (χ0v) is 12.0. The lowest BCUT2D eigenvalue weighted by atomic mass is 10.2. The number of amides is 1. The minimum absolute atomic E-state index is 0.0480. The monoisotopic (exact) mass is 321 g/mol. The third kappa shape index (κ3) is 4.13. The molecule has 1 heterocycles. The second-order valence-electron chi connectivity index (χ2n) is 4.50. The van der Waals surface area contributed by atoms with Crippen molar-refractivity contribution in [3.8, 4) is 5.75 Å². The minimum atomic E-state index is -1.24. The fourth-order valence-electron chi connectivity index (χ4n) is 1.70. The van der Waals surface area contributed by atoms with E-state index in [9.17, 15) is 23.6 Å². The van der Waals surface area contributed by atoms with Crippen molar-refractivity contribution in [2.45, 2.75) is 13.5 Å². The van der Waals surface area contributed by atoms with Gasteiger partial charge in [0, 0.05) is 13.5 Å². The van der Waals surface area contributed by atoms with E-state index in [1.54, 1.807) is 17.1 Å². The van der Waals surface area contributed by atoms with Crippen LogP contribution in [0.1, 0.15) is 12.5 Å². The van der Waals surface area contributed by atoms with Crippen LogP contribution < -0.4 is 21.3 Å². The quantitative estimate of drug-likeness (QED) is 0.626. The molecule has 0 aliphatic carbocycles. The molecule has 0 aliphatic rings. The number of nitrogens with one attached hydrogen (secondary N) is 2. The largest absolute Gasteiger partial charge is 0.427 e. The highest BCUT2D eigenvalue weighted by Gasteiger charge is 2.10. The van der Waals surface area contributed by atoms with Gasteiger partial charge in [0.25, 0.3) is 5.56 Å². The van der Waals surface area contributed by atoms with E-state index in [1.165, 1.54) is 19.1 Å². The van der Waals surface area contributed by atoms with E-state index >= 15 is 0 Å². The maximum absolute atomic E-state index is 13.1. The Morgan fingerprint density at radius 3 is 2.52 bits per heavy atom. The van der Waals surface area contributed by atoms with E-state index in [0.29, 0.717) is 22.1 Å². The number of ether oxygens (including phenoxy) is 1. The Morgan fingerprint density at radius 2 is 1.91 bits per heavy atom. The number of aromatic nitrogens is 2. The van der Waals surface area contributed by atoms with E-state index in [0.717, 1.165) is 0 Å². The predicted molar refractivity (Wildman–Crippen MR) is 76.7 cm³/mol. The van der Waals surface area contributed by atoms with E-state index in [1.807, 2.05) is 0 Å². The summed E-state index contributed by atoms with van der Waals surface area (Å²) in [5, 5.41) is 2.39. The molecule has 9 heteroatoms. The Hall–Kier alpha value is -3.23. The maximum atomic E-state index is 13.1. The van der Waals surface area contributed by atoms with Crippen LogP contribution >= 0.6 is 0 Å². The molecule has 8 nitrogen and oxygen atoms in total. The fraction of sp³-hybridized carbons (Fsp3) is 0.143. The van der Waals surface area contributed by atoms with Gasteiger partial charge in [0.15, 0.2) is 0 Å². The van der Waals surface area contributed by atoms with Crippen molar-refractivity contribution in [2.75, 3.05) is 0 Å². The van der Waals surface area contributed by atoms with Gasteiger partial charge in [-0.15, -0.1) is 0 Å². The molecule has 0 bridgehead atoms. The molecule has 120 valence electrons. The second-order valence-corrected chi connectivity index (χ2v) is 4.50. The first kappa shape index (κ1) is 16.1. The number of carbonyl (C=O) groups excluding carboxylic acids is 2. The molecule has 1 aromatic heterocycles. The number of hydrogen-bond donors (Lipinski definition) is 2. The molecule has 0 saturated carbocycles. The van der Waals surface area contributed by atoms with Gasteiger partial charge in [0.2, 0.25) is 5.82 Å². The molecule has 0 aliphatic heterocycles. The summed E-state index contributed by atoms with van der Waals surface area (Å²) in [6, 6.07) is 5.39. The predicted octanol–water partition coefficient (Wildman–Crippen LogP) is 0.359. The van der Waals surface area contributed by atoms with Crippen LogP contribution in [0.5, 0.6) is 5.75 Å². The van der Waals surface area contributed by atoms with Gasteiger partial charge < -0.3 is 10.1 Å². The van der Waals surface area contributed by atoms with Gasteiger partial charge in [-0.3, -0.25) is 14.6 Å². The number of benzene rings is 1. The molecule has 0 atom stereocenters. The summed E-state index contributed by atoms with van der Waals surface area (Å²) in [5.41, 5.74) is -1.58. The normalized spacial score (nSPS) is 10.2. The van der Waals surface area contributed by atoms with Crippen LogP contribution in [0, 0.1) is 5.82 Å². The maximum Gasteiger partial charge on any atom is 0.336 e. The molecule has 1 amide bonds. The average Bonchev–Trinajstić information content (AvgIpc) is 2.49. The average molecular weight is 321 g/mol. The Bertz CT molecular complexity index is 854. The molecule has 0 fully saturated rings. The Balaban J connectivity index is 2.04. The van der Waals surface area contributed by atoms with Crippen LogP contribution in [0.2, 0.25) is 0 Å². The third-order valence-corrected chi connectivity index (χ3v) is 2.75. The van der Waals surface area contributed by atoms with Crippen molar-refractivity contribution in [1.29, 1.82) is 0 Å². The number of hydrogen-bond acceptors (Lipinski definition) is 5. The number of halogens is 1. The van der Waals surface area contributed by atoms with Crippen LogP contribution in [0.3, 0.4) is 0 Å². The number of nitrogens with zero attached hydrogens (tertiary/aromatic N) is 1. The molecule has 0 spiro atoms. The Kier molecular flexibility index (Phi) is 4.69. The van der Waals surface area contributed by atoms with Crippen molar-refractivity contribution in [3.63, 3.8) is 0 Å². The smallest absolute Gasteiger partial charge is 0.336 e. The van der Waals surface area contributed by atoms with Crippen molar-refractivity contribution in [1.82, 2.24) is 14.9 Å². The zero-order chi connectivity index (χ0) is 17.0. The first-order chi connectivity index (χ1) is 10.9. The third-order valence-electron chi connectivity index (χ3n) is 2.75. The summed E-state index contributed by atoms with van der Waals surface area (Å²) >= 11 is 0. The van der Waals surface area contributed by atoms with Crippen LogP contribution in [-0.2, 0) is 11.3 Å². The summed E-state index contributed by atoms with van der Waals surface area (Å²) in [4.78, 5) is 46.6. The highest BCUT2D eigenvalue weighted by atomic mass is 19.1. The molecule has 1 aromatic carbocycles. The minimum Gasteiger partial charge on any atom is -0.427 e. The summed E-state index contributed by atoms with van der Waals surface area (Å²) in [7, 11) is 0. The topological polar surface area (TPSA) is 110 Å². The lowest BCUT2D eigenvalue weighted by Gasteiger charge is -2.07. The summed E-state index contributed by atoms with van der Waals surface area (Å²) in [6.45, 7) is 1.32. The Labute approximate surface area is 128 Å². The Morgan fingerprint density at radius 1 is 1.26 bits per heavy atom. The summed E-state index contributed by atoms with van der Waals surface area (Å²) in [5.74, 6) is -1.34. The van der Waals surface area contributed by atoms with E-state index in [-0.39, 0.29) is 6.54 Å². The van der Waals surface area contributed by atoms with Crippen molar-refractivity contribution in [2.24, 2.45) is 0 Å². The number of carbonyl (C=O) groups is 2. The SMILES string of the molecule is CC(=O)Oc1ccc(CNC(=O)n2cc(F)c(=O)[nH]c2=O)cc1. The molecule has 2 N–H and O–H groups in total. The number of esters is 1. The molecule has 0 saturated heterocycles. The van der Waals surface area contributed by atoms with Crippen molar-refractivity contribution >= 4 is 12.0 Å². The summed E-state index contributed by atoms with van der Waals surface area (Å²) in [6.07, 6.45) is 0.514. The van der Waals surface area contributed by atoms with E-state index in [2.05, 4.69) is 5.32 Å². The fourth-order valence-corrected chi connectivity index (χ4v) is 1.70. The van der Waals surface area contributed by atoms with Gasteiger partial charge in [0.1, 0.15) is 5.75 Å². The summed E-state index contributed by atoms with van der Waals surface area (Å²) < 4.78 is 18.4. The van der Waals surface area contributed by atoms with Gasteiger partial charge in [-0.25, -0.2) is 14.2 Å². The number of aromatic amines is 1. The van der Waals surface area contributed by atoms with E-state index in [4.69, 9.17) is 4.74 Å². The highest BCUT2D eigenvalue weighted by molar-refractivity contribution is 5.76. The van der Waals surface area contributed by atoms with Gasteiger partial charge in [0.05, 0.1) is 6.20 Å². The lowest BCUT2D eigenvalue weighted by molar-refractivity contribution is -0.131. The van der Waals surface area contributed by atoms with Gasteiger partial charge in [-0.05, 0) is 17.7 Å². The molecule has 2 rings (SSSR count). The first-order valence-electron chi connectivity index (χ1n) is 6.44. The van der Waals surface area contributed by atoms with Crippen LogP contribution in [0.15, 0.2) is 40.1 Å². The van der Waals surface area contributed by atoms with Gasteiger partial charge in [-0.2, -0.15) is 4.39 Å².